The summed E-state index contributed by atoms with van der Waals surface area (Å²) in [7, 11) is 0. The molecule has 5 nitrogen and oxygen atoms in total. The second-order valence-electron chi connectivity index (χ2n) is 6.64. The first-order valence-corrected chi connectivity index (χ1v) is 9.64. The van der Waals surface area contributed by atoms with Crippen LogP contribution in [0.25, 0.3) is 6.08 Å². The zero-order valence-corrected chi connectivity index (χ0v) is 16.8. The van der Waals surface area contributed by atoms with Crippen LogP contribution in [0.3, 0.4) is 0 Å². The van der Waals surface area contributed by atoms with Gasteiger partial charge in [0.05, 0.1) is 27.6 Å². The van der Waals surface area contributed by atoms with Crippen LogP contribution in [0, 0.1) is 0 Å². The van der Waals surface area contributed by atoms with Crippen molar-refractivity contribution in [1.82, 2.24) is 0 Å². The van der Waals surface area contributed by atoms with Crippen molar-refractivity contribution in [3.8, 4) is 5.75 Å². The Morgan fingerprint density at radius 1 is 1.00 bits per heavy atom. The van der Waals surface area contributed by atoms with Gasteiger partial charge in [-0.3, -0.25) is 4.79 Å². The molecule has 3 aromatic rings. The number of hydrogen-bond donors (Lipinski definition) is 0. The zero-order valence-electron chi connectivity index (χ0n) is 16.1. The lowest BCUT2D eigenvalue weighted by molar-refractivity contribution is -0.114. The SMILES string of the molecule is CC1=NN(c2ccccc2)C(=O)/C1=C\c1cccc(OC(=O)c2ccccc2Cl)c1. The van der Waals surface area contributed by atoms with Gasteiger partial charge < -0.3 is 4.74 Å². The quantitative estimate of drug-likeness (QED) is 0.326. The molecular formula is C24H17ClN2O3. The van der Waals surface area contributed by atoms with Crippen LogP contribution in [0.1, 0.15) is 22.8 Å². The molecule has 1 aliphatic heterocycles. The molecule has 1 heterocycles. The molecule has 30 heavy (non-hydrogen) atoms. The van der Waals surface area contributed by atoms with E-state index in [1.807, 2.05) is 36.4 Å². The first-order chi connectivity index (χ1) is 14.5. The maximum atomic E-state index is 12.8. The molecule has 6 heteroatoms. The molecule has 0 fully saturated rings. The van der Waals surface area contributed by atoms with Gasteiger partial charge in [0.25, 0.3) is 5.91 Å². The van der Waals surface area contributed by atoms with E-state index in [-0.39, 0.29) is 11.5 Å². The number of para-hydroxylation sites is 1. The molecule has 148 valence electrons. The Balaban J connectivity index is 1.57. The van der Waals surface area contributed by atoms with Gasteiger partial charge in [0.1, 0.15) is 5.75 Å². The van der Waals surface area contributed by atoms with E-state index < -0.39 is 5.97 Å². The Labute approximate surface area is 178 Å². The molecule has 3 aromatic carbocycles. The summed E-state index contributed by atoms with van der Waals surface area (Å²) in [6.45, 7) is 1.79. The van der Waals surface area contributed by atoms with Gasteiger partial charge in [-0.1, -0.05) is 54.1 Å². The van der Waals surface area contributed by atoms with Crippen molar-refractivity contribution >= 4 is 41.0 Å². The van der Waals surface area contributed by atoms with Crippen molar-refractivity contribution < 1.29 is 14.3 Å². The van der Waals surface area contributed by atoms with Crippen molar-refractivity contribution in [1.29, 1.82) is 0 Å². The first kappa shape index (κ1) is 19.6. The molecule has 4 rings (SSSR count). The summed E-state index contributed by atoms with van der Waals surface area (Å²) in [6, 6.07) is 22.9. The number of halogens is 1. The Kier molecular flexibility index (Phi) is 5.46. The average molecular weight is 417 g/mol. The predicted octanol–water partition coefficient (Wildman–Crippen LogP) is 5.37. The molecule has 0 aromatic heterocycles. The second-order valence-corrected chi connectivity index (χ2v) is 7.04. The predicted molar refractivity (Wildman–Crippen MR) is 118 cm³/mol. The molecule has 0 saturated carbocycles. The minimum Gasteiger partial charge on any atom is -0.423 e. The third kappa shape index (κ3) is 4.02. The normalized spacial score (nSPS) is 14.7. The van der Waals surface area contributed by atoms with E-state index in [2.05, 4.69) is 5.10 Å². The molecular weight excluding hydrogens is 400 g/mol. The molecule has 0 spiro atoms. The molecule has 0 N–H and O–H groups in total. The highest BCUT2D eigenvalue weighted by atomic mass is 35.5. The van der Waals surface area contributed by atoms with Gasteiger partial charge in [0.15, 0.2) is 0 Å². The Morgan fingerprint density at radius 2 is 1.73 bits per heavy atom. The molecule has 1 amide bonds. The molecule has 0 unspecified atom stereocenters. The fraction of sp³-hybridized carbons (Fsp3) is 0.0417. The van der Waals surface area contributed by atoms with E-state index in [0.717, 1.165) is 0 Å². The monoisotopic (exact) mass is 416 g/mol. The summed E-state index contributed by atoms with van der Waals surface area (Å²) in [4.78, 5) is 25.2. The van der Waals surface area contributed by atoms with Crippen LogP contribution in [0.15, 0.2) is 89.5 Å². The van der Waals surface area contributed by atoms with Crippen LogP contribution in [0.2, 0.25) is 5.02 Å². The summed E-state index contributed by atoms with van der Waals surface area (Å²) >= 11 is 6.06. The van der Waals surface area contributed by atoms with Gasteiger partial charge in [0, 0.05) is 0 Å². The lowest BCUT2D eigenvalue weighted by Crippen LogP contribution is -2.21. The minimum absolute atomic E-state index is 0.211. The fourth-order valence-corrected chi connectivity index (χ4v) is 3.26. The van der Waals surface area contributed by atoms with Crippen LogP contribution in [0.5, 0.6) is 5.75 Å². The van der Waals surface area contributed by atoms with Crippen LogP contribution in [0.4, 0.5) is 5.69 Å². The van der Waals surface area contributed by atoms with Crippen molar-refractivity contribution in [2.75, 3.05) is 5.01 Å². The summed E-state index contributed by atoms with van der Waals surface area (Å²) in [5.74, 6) is -0.401. The molecule has 0 aliphatic carbocycles. The maximum Gasteiger partial charge on any atom is 0.345 e. The highest BCUT2D eigenvalue weighted by Crippen LogP contribution is 2.26. The number of benzene rings is 3. The van der Waals surface area contributed by atoms with Gasteiger partial charge in [-0.2, -0.15) is 10.1 Å². The van der Waals surface area contributed by atoms with Gasteiger partial charge in [-0.25, -0.2) is 4.79 Å². The minimum atomic E-state index is -0.546. The smallest absolute Gasteiger partial charge is 0.345 e. The van der Waals surface area contributed by atoms with E-state index >= 15 is 0 Å². The third-order valence-electron chi connectivity index (χ3n) is 4.54. The number of anilines is 1. The van der Waals surface area contributed by atoms with Gasteiger partial charge in [-0.05, 0) is 55.0 Å². The van der Waals surface area contributed by atoms with E-state index in [0.29, 0.717) is 33.3 Å². The molecule has 0 atom stereocenters. The van der Waals surface area contributed by atoms with Crippen LogP contribution in [-0.2, 0) is 4.79 Å². The van der Waals surface area contributed by atoms with Crippen molar-refractivity contribution in [2.24, 2.45) is 5.10 Å². The molecule has 0 bridgehead atoms. The topological polar surface area (TPSA) is 59.0 Å². The number of carbonyl (C=O) groups is 2. The highest BCUT2D eigenvalue weighted by Gasteiger charge is 2.28. The number of hydrogen-bond acceptors (Lipinski definition) is 4. The molecule has 0 radical (unpaired) electrons. The van der Waals surface area contributed by atoms with Gasteiger partial charge >= 0.3 is 5.97 Å². The van der Waals surface area contributed by atoms with E-state index in [1.165, 1.54) is 5.01 Å². The number of ether oxygens (including phenoxy) is 1. The largest absolute Gasteiger partial charge is 0.423 e. The lowest BCUT2D eigenvalue weighted by Gasteiger charge is -2.11. The van der Waals surface area contributed by atoms with Crippen LogP contribution >= 0.6 is 11.6 Å². The fourth-order valence-electron chi connectivity index (χ4n) is 3.05. The Morgan fingerprint density at radius 3 is 2.50 bits per heavy atom. The van der Waals surface area contributed by atoms with Gasteiger partial charge in [-0.15, -0.1) is 0 Å². The van der Waals surface area contributed by atoms with Crippen LogP contribution in [-0.4, -0.2) is 17.6 Å². The number of nitrogens with zero attached hydrogens (tertiary/aromatic N) is 2. The standard InChI is InChI=1S/C24H17ClN2O3/c1-16-21(23(28)27(26-16)18-9-3-2-4-10-18)15-17-8-7-11-19(14-17)30-24(29)20-12-5-6-13-22(20)25/h2-15H,1H3/b21-15-. The summed E-state index contributed by atoms with van der Waals surface area (Å²) in [6.07, 6.45) is 1.73. The number of rotatable bonds is 4. The number of amides is 1. The molecule has 0 saturated heterocycles. The van der Waals surface area contributed by atoms with Crippen molar-refractivity contribution in [2.45, 2.75) is 6.92 Å². The first-order valence-electron chi connectivity index (χ1n) is 9.26. The average Bonchev–Trinajstić information content (AvgIpc) is 3.03. The third-order valence-corrected chi connectivity index (χ3v) is 4.87. The summed E-state index contributed by atoms with van der Waals surface area (Å²) in [5, 5.41) is 6.07. The number of carbonyl (C=O) groups excluding carboxylic acids is 2. The Bertz CT molecular complexity index is 1190. The van der Waals surface area contributed by atoms with E-state index in [1.54, 1.807) is 55.5 Å². The maximum absolute atomic E-state index is 12.8. The van der Waals surface area contributed by atoms with E-state index in [9.17, 15) is 9.59 Å². The summed E-state index contributed by atoms with van der Waals surface area (Å²) in [5.41, 5.74) is 2.80. The zero-order chi connectivity index (χ0) is 21.1. The van der Waals surface area contributed by atoms with Gasteiger partial charge in [0.2, 0.25) is 0 Å². The lowest BCUT2D eigenvalue weighted by atomic mass is 10.1. The Hall–Kier alpha value is -3.70. The van der Waals surface area contributed by atoms with Crippen molar-refractivity contribution in [3.63, 3.8) is 0 Å². The number of hydrazone groups is 1. The second kappa shape index (κ2) is 8.35. The number of esters is 1. The highest BCUT2D eigenvalue weighted by molar-refractivity contribution is 6.33. The van der Waals surface area contributed by atoms with Crippen molar-refractivity contribution in [3.05, 3.63) is 101 Å². The summed E-state index contributed by atoms with van der Waals surface area (Å²) < 4.78 is 5.45. The van der Waals surface area contributed by atoms with E-state index in [4.69, 9.17) is 16.3 Å². The van der Waals surface area contributed by atoms with Crippen LogP contribution < -0.4 is 9.75 Å². The molecule has 1 aliphatic rings.